The van der Waals surface area contributed by atoms with Crippen LogP contribution in [-0.2, 0) is 4.79 Å². The quantitative estimate of drug-likeness (QED) is 0.597. The van der Waals surface area contributed by atoms with E-state index in [2.05, 4.69) is 6.07 Å². The molecule has 0 bridgehead atoms. The highest BCUT2D eigenvalue weighted by Crippen LogP contribution is 2.13. The van der Waals surface area contributed by atoms with Crippen molar-refractivity contribution in [3.8, 4) is 6.07 Å². The van der Waals surface area contributed by atoms with Gasteiger partial charge in [0.1, 0.15) is 5.78 Å². The highest BCUT2D eigenvalue weighted by Gasteiger charge is 2.13. The molecule has 0 aromatic rings. The third-order valence-electron chi connectivity index (χ3n) is 1.48. The van der Waals surface area contributed by atoms with Crippen LogP contribution in [0.2, 0.25) is 0 Å². The molecule has 0 heterocycles. The summed E-state index contributed by atoms with van der Waals surface area (Å²) < 4.78 is 0. The molecule has 56 valence electrons. The Hall–Kier alpha value is -0.840. The molecule has 0 radical (unpaired) electrons. The summed E-state index contributed by atoms with van der Waals surface area (Å²) in [5, 5.41) is 8.54. The Morgan fingerprint density at radius 1 is 1.60 bits per heavy atom. The fraction of sp³-hybridized carbons (Fsp3) is 0.750. The highest BCUT2D eigenvalue weighted by molar-refractivity contribution is 5.76. The van der Waals surface area contributed by atoms with E-state index in [1.807, 2.05) is 13.8 Å². The van der Waals surface area contributed by atoms with E-state index in [1.165, 1.54) is 6.92 Å². The van der Waals surface area contributed by atoms with Crippen molar-refractivity contribution in [2.75, 3.05) is 0 Å². The van der Waals surface area contributed by atoms with Gasteiger partial charge in [-0.05, 0) is 12.8 Å². The first-order valence-corrected chi connectivity index (χ1v) is 3.47. The van der Waals surface area contributed by atoms with Crippen molar-refractivity contribution >= 4 is 5.78 Å². The van der Waals surface area contributed by atoms with Gasteiger partial charge in [-0.3, -0.25) is 4.79 Å². The molecule has 1 unspecified atom stereocenters. The molecule has 0 N–H and O–H groups in total. The fourth-order valence-electron chi connectivity index (χ4n) is 0.740. The van der Waals surface area contributed by atoms with Crippen molar-refractivity contribution in [2.45, 2.75) is 27.2 Å². The Labute approximate surface area is 61.8 Å². The number of ketones is 1. The summed E-state index contributed by atoms with van der Waals surface area (Å²) in [6.45, 7) is 5.43. The number of carbonyl (C=O) groups is 1. The van der Waals surface area contributed by atoms with E-state index in [0.29, 0.717) is 6.42 Å². The average molecular weight is 139 g/mol. The van der Waals surface area contributed by atoms with Crippen LogP contribution in [0.25, 0.3) is 0 Å². The van der Waals surface area contributed by atoms with Gasteiger partial charge in [-0.15, -0.1) is 0 Å². The van der Waals surface area contributed by atoms with Gasteiger partial charge in [0.25, 0.3) is 0 Å². The number of Topliss-reactive ketones (excluding diaryl/α,β-unsaturated/α-hetero) is 1. The normalized spacial score (nSPS) is 12.7. The lowest BCUT2D eigenvalue weighted by molar-refractivity contribution is -0.117. The van der Waals surface area contributed by atoms with E-state index < -0.39 is 0 Å². The monoisotopic (exact) mass is 139 g/mol. The molecule has 0 fully saturated rings. The van der Waals surface area contributed by atoms with Crippen molar-refractivity contribution in [2.24, 2.45) is 11.8 Å². The smallest absolute Gasteiger partial charge is 0.131 e. The zero-order chi connectivity index (χ0) is 8.15. The second-order valence-electron chi connectivity index (χ2n) is 2.89. The molecule has 2 nitrogen and oxygen atoms in total. The van der Waals surface area contributed by atoms with Crippen LogP contribution < -0.4 is 0 Å². The van der Waals surface area contributed by atoms with Gasteiger partial charge in [0.05, 0.1) is 12.0 Å². The van der Waals surface area contributed by atoms with E-state index in [-0.39, 0.29) is 17.6 Å². The third-order valence-corrected chi connectivity index (χ3v) is 1.48. The van der Waals surface area contributed by atoms with Crippen molar-refractivity contribution in [1.82, 2.24) is 0 Å². The third kappa shape index (κ3) is 3.24. The minimum atomic E-state index is -0.0995. The van der Waals surface area contributed by atoms with Gasteiger partial charge in [-0.2, -0.15) is 5.26 Å². The van der Waals surface area contributed by atoms with Crippen molar-refractivity contribution in [3.63, 3.8) is 0 Å². The number of nitrogens with zero attached hydrogens (tertiary/aromatic N) is 1. The van der Waals surface area contributed by atoms with Crippen LogP contribution in [0.3, 0.4) is 0 Å². The maximum Gasteiger partial charge on any atom is 0.131 e. The summed E-state index contributed by atoms with van der Waals surface area (Å²) in [6, 6.07) is 2.11. The maximum absolute atomic E-state index is 10.6. The van der Waals surface area contributed by atoms with Crippen LogP contribution in [0.5, 0.6) is 0 Å². The Kier molecular flexibility index (Phi) is 3.71. The second kappa shape index (κ2) is 4.05. The first-order valence-electron chi connectivity index (χ1n) is 3.47. The predicted molar refractivity (Wildman–Crippen MR) is 39.2 cm³/mol. The summed E-state index contributed by atoms with van der Waals surface area (Å²) in [6.07, 6.45) is 0.397. The maximum atomic E-state index is 10.6. The fourth-order valence-corrected chi connectivity index (χ4v) is 0.740. The topological polar surface area (TPSA) is 40.9 Å². The molecule has 0 saturated carbocycles. The van der Waals surface area contributed by atoms with Gasteiger partial charge in [-0.1, -0.05) is 13.8 Å². The Bertz CT molecular complexity index is 155. The molecule has 0 saturated heterocycles. The molecule has 0 aromatic carbocycles. The zero-order valence-corrected chi connectivity index (χ0v) is 6.72. The molecule has 0 rings (SSSR count). The van der Waals surface area contributed by atoms with Gasteiger partial charge >= 0.3 is 0 Å². The minimum absolute atomic E-state index is 0.0975. The summed E-state index contributed by atoms with van der Waals surface area (Å²) in [7, 11) is 0. The van der Waals surface area contributed by atoms with E-state index in [4.69, 9.17) is 5.26 Å². The molecule has 10 heavy (non-hydrogen) atoms. The molecule has 0 amide bonds. The molecule has 0 aliphatic heterocycles. The average Bonchev–Trinajstić information content (AvgIpc) is 1.81. The van der Waals surface area contributed by atoms with Gasteiger partial charge in [-0.25, -0.2) is 0 Å². The lowest BCUT2D eigenvalue weighted by Crippen LogP contribution is -2.09. The summed E-state index contributed by atoms with van der Waals surface area (Å²) in [4.78, 5) is 10.6. The van der Waals surface area contributed by atoms with E-state index in [1.54, 1.807) is 0 Å². The van der Waals surface area contributed by atoms with Crippen LogP contribution in [0.15, 0.2) is 0 Å². The van der Waals surface area contributed by atoms with Gasteiger partial charge < -0.3 is 0 Å². The SMILES string of the molecule is CC(=O)CC(C#N)C(C)C. The first kappa shape index (κ1) is 9.16. The number of nitriles is 1. The molecule has 0 aliphatic carbocycles. The standard InChI is InChI=1S/C8H13NO/c1-6(2)8(5-9)4-7(3)10/h6,8H,4H2,1-3H3. The lowest BCUT2D eigenvalue weighted by atomic mass is 9.93. The Morgan fingerprint density at radius 3 is 2.20 bits per heavy atom. The Balaban J connectivity index is 3.87. The van der Waals surface area contributed by atoms with E-state index >= 15 is 0 Å². The molecule has 0 spiro atoms. The molecular formula is C8H13NO. The Morgan fingerprint density at radius 2 is 2.10 bits per heavy atom. The largest absolute Gasteiger partial charge is 0.300 e. The highest BCUT2D eigenvalue weighted by atomic mass is 16.1. The summed E-state index contributed by atoms with van der Waals surface area (Å²) in [5.74, 6) is 0.284. The zero-order valence-electron chi connectivity index (χ0n) is 6.72. The second-order valence-corrected chi connectivity index (χ2v) is 2.89. The minimum Gasteiger partial charge on any atom is -0.300 e. The molecule has 0 aliphatic rings. The van der Waals surface area contributed by atoms with Crippen molar-refractivity contribution in [1.29, 1.82) is 5.26 Å². The van der Waals surface area contributed by atoms with Crippen molar-refractivity contribution < 1.29 is 4.79 Å². The number of rotatable bonds is 3. The first-order chi connectivity index (χ1) is 4.57. The van der Waals surface area contributed by atoms with Crippen LogP contribution >= 0.6 is 0 Å². The summed E-state index contributed by atoms with van der Waals surface area (Å²) in [5.41, 5.74) is 0. The van der Waals surface area contributed by atoms with Gasteiger partial charge in [0, 0.05) is 6.42 Å². The van der Waals surface area contributed by atoms with Crippen LogP contribution in [-0.4, -0.2) is 5.78 Å². The lowest BCUT2D eigenvalue weighted by Gasteiger charge is -2.09. The predicted octanol–water partition coefficient (Wildman–Crippen LogP) is 1.76. The van der Waals surface area contributed by atoms with Crippen LogP contribution in [0.1, 0.15) is 27.2 Å². The molecular weight excluding hydrogens is 126 g/mol. The van der Waals surface area contributed by atoms with Gasteiger partial charge in [0.15, 0.2) is 0 Å². The van der Waals surface area contributed by atoms with Crippen molar-refractivity contribution in [3.05, 3.63) is 0 Å². The molecule has 2 heteroatoms. The number of hydrogen-bond donors (Lipinski definition) is 0. The molecule has 1 atom stereocenters. The van der Waals surface area contributed by atoms with Crippen LogP contribution in [0.4, 0.5) is 0 Å². The van der Waals surface area contributed by atoms with Crippen LogP contribution in [0, 0.1) is 23.2 Å². The summed E-state index contributed by atoms with van der Waals surface area (Å²) >= 11 is 0. The number of carbonyl (C=O) groups excluding carboxylic acids is 1. The van der Waals surface area contributed by atoms with E-state index in [9.17, 15) is 4.79 Å². The number of hydrogen-bond acceptors (Lipinski definition) is 2. The molecule has 0 aromatic heterocycles. The van der Waals surface area contributed by atoms with Gasteiger partial charge in [0.2, 0.25) is 0 Å². The van der Waals surface area contributed by atoms with E-state index in [0.717, 1.165) is 0 Å².